The summed E-state index contributed by atoms with van der Waals surface area (Å²) in [7, 11) is 0. The van der Waals surface area contributed by atoms with E-state index in [0.29, 0.717) is 5.82 Å². The second-order valence-corrected chi connectivity index (χ2v) is 7.32. The normalized spacial score (nSPS) is 38.8. The van der Waals surface area contributed by atoms with Crippen LogP contribution in [0.5, 0.6) is 0 Å². The maximum absolute atomic E-state index is 12.8. The van der Waals surface area contributed by atoms with Crippen LogP contribution in [0.1, 0.15) is 50.7 Å². The summed E-state index contributed by atoms with van der Waals surface area (Å²) in [5.74, 6) is 3.81. The molecule has 2 atom stereocenters. The van der Waals surface area contributed by atoms with E-state index in [1.807, 2.05) is 6.92 Å². The van der Waals surface area contributed by atoms with E-state index in [1.54, 1.807) is 6.07 Å². The highest BCUT2D eigenvalue weighted by Gasteiger charge is 2.52. The zero-order valence-corrected chi connectivity index (χ0v) is 12.0. The number of hydrogen-bond donors (Lipinski definition) is 1. The predicted molar refractivity (Wildman–Crippen MR) is 75.1 cm³/mol. The molecule has 1 aromatic heterocycles. The Morgan fingerprint density at radius 1 is 1.25 bits per heavy atom. The number of aromatic nitrogens is 1. The van der Waals surface area contributed by atoms with Gasteiger partial charge >= 0.3 is 0 Å². The molecule has 4 saturated carbocycles. The van der Waals surface area contributed by atoms with Gasteiger partial charge in [-0.15, -0.1) is 0 Å². The number of nitrogens with one attached hydrogen (secondary N) is 1. The van der Waals surface area contributed by atoms with Crippen LogP contribution in [0, 0.1) is 30.1 Å². The lowest BCUT2D eigenvalue weighted by Crippen LogP contribution is -2.46. The third kappa shape index (κ3) is 1.97. The first kappa shape index (κ1) is 12.4. The molecule has 1 aromatic rings. The van der Waals surface area contributed by atoms with Crippen molar-refractivity contribution in [3.8, 4) is 0 Å². The first-order chi connectivity index (χ1) is 9.63. The van der Waals surface area contributed by atoms with Gasteiger partial charge in [-0.1, -0.05) is 18.0 Å². The van der Waals surface area contributed by atoms with Crippen LogP contribution >= 0.6 is 0 Å². The molecule has 1 N–H and O–H groups in total. The fourth-order valence-electron chi connectivity index (χ4n) is 5.14. The fraction of sp³-hybridized carbons (Fsp3) is 0.750. The van der Waals surface area contributed by atoms with Crippen LogP contribution in [0.3, 0.4) is 0 Å². The molecule has 4 fully saturated rings. The van der Waals surface area contributed by atoms with E-state index in [2.05, 4.69) is 10.5 Å². The molecule has 1 amide bonds. The molecule has 108 valence electrons. The van der Waals surface area contributed by atoms with Crippen LogP contribution in [0.4, 0.5) is 5.82 Å². The number of hydrogen-bond acceptors (Lipinski definition) is 3. The molecule has 0 radical (unpaired) electrons. The molecular weight excluding hydrogens is 252 g/mol. The highest BCUT2D eigenvalue weighted by Crippen LogP contribution is 2.58. The number of fused-ring (bicyclic) bond motifs is 1. The second kappa shape index (κ2) is 4.34. The lowest BCUT2D eigenvalue weighted by Gasteiger charge is -2.46. The van der Waals surface area contributed by atoms with Gasteiger partial charge in [0.25, 0.3) is 0 Å². The van der Waals surface area contributed by atoms with Gasteiger partial charge in [0.2, 0.25) is 5.91 Å². The Morgan fingerprint density at radius 2 is 1.90 bits per heavy atom. The first-order valence-electron chi connectivity index (χ1n) is 7.88. The van der Waals surface area contributed by atoms with Gasteiger partial charge in [0, 0.05) is 6.07 Å². The summed E-state index contributed by atoms with van der Waals surface area (Å²) in [6, 6.07) is 1.80. The van der Waals surface area contributed by atoms with Gasteiger partial charge in [0.1, 0.15) is 5.76 Å². The quantitative estimate of drug-likeness (QED) is 0.897. The molecule has 0 aliphatic heterocycles. The molecule has 5 rings (SSSR count). The minimum atomic E-state index is -0.125. The zero-order valence-electron chi connectivity index (χ0n) is 12.0. The van der Waals surface area contributed by atoms with Crippen molar-refractivity contribution in [3.63, 3.8) is 0 Å². The predicted octanol–water partition coefficient (Wildman–Crippen LogP) is 3.53. The summed E-state index contributed by atoms with van der Waals surface area (Å²) in [5, 5.41) is 6.90. The zero-order chi connectivity index (χ0) is 13.7. The Morgan fingerprint density at radius 3 is 2.50 bits per heavy atom. The van der Waals surface area contributed by atoms with Gasteiger partial charge in [-0.05, 0) is 56.8 Å². The van der Waals surface area contributed by atoms with Gasteiger partial charge in [-0.2, -0.15) is 0 Å². The molecule has 4 heteroatoms. The Labute approximate surface area is 119 Å². The van der Waals surface area contributed by atoms with E-state index in [1.165, 1.54) is 25.7 Å². The van der Waals surface area contributed by atoms with Crippen molar-refractivity contribution in [1.82, 2.24) is 5.16 Å². The van der Waals surface area contributed by atoms with Crippen LogP contribution in [0.25, 0.3) is 0 Å². The number of rotatable bonds is 2. The Balaban J connectivity index is 1.58. The molecule has 4 nitrogen and oxygen atoms in total. The molecule has 4 aliphatic rings. The Bertz CT molecular complexity index is 520. The maximum atomic E-state index is 12.8. The summed E-state index contributed by atoms with van der Waals surface area (Å²) >= 11 is 0. The molecule has 0 saturated heterocycles. The molecule has 0 spiro atoms. The molecule has 2 unspecified atom stereocenters. The van der Waals surface area contributed by atoms with Crippen LogP contribution in [-0.4, -0.2) is 11.1 Å². The minimum Gasteiger partial charge on any atom is -0.360 e. The van der Waals surface area contributed by atoms with Crippen LogP contribution in [0.15, 0.2) is 10.6 Å². The van der Waals surface area contributed by atoms with Crippen molar-refractivity contribution in [2.24, 2.45) is 23.2 Å². The van der Waals surface area contributed by atoms with Crippen molar-refractivity contribution in [1.29, 1.82) is 0 Å². The Hall–Kier alpha value is -1.32. The van der Waals surface area contributed by atoms with E-state index in [-0.39, 0.29) is 11.3 Å². The molecule has 4 aliphatic carbocycles. The highest BCUT2D eigenvalue weighted by molar-refractivity contribution is 5.94. The van der Waals surface area contributed by atoms with Crippen molar-refractivity contribution in [3.05, 3.63) is 11.8 Å². The Kier molecular flexibility index (Phi) is 2.69. The van der Waals surface area contributed by atoms with Gasteiger partial charge in [0.05, 0.1) is 5.41 Å². The SMILES string of the molecule is Cc1cc(NC(=O)C23CC4CCC(CC(C4)C2)C3)no1. The van der Waals surface area contributed by atoms with Crippen molar-refractivity contribution in [2.45, 2.75) is 51.9 Å². The average molecular weight is 274 g/mol. The minimum absolute atomic E-state index is 0.125. The van der Waals surface area contributed by atoms with Gasteiger partial charge in [-0.25, -0.2) is 0 Å². The lowest BCUT2D eigenvalue weighted by atomic mass is 9.58. The number of amides is 1. The summed E-state index contributed by atoms with van der Waals surface area (Å²) in [5.41, 5.74) is -0.125. The van der Waals surface area contributed by atoms with Crippen LogP contribution in [0.2, 0.25) is 0 Å². The van der Waals surface area contributed by atoms with Crippen LogP contribution < -0.4 is 5.32 Å². The molecule has 0 aromatic carbocycles. The molecular formula is C16H22N2O2. The number of anilines is 1. The van der Waals surface area contributed by atoms with Crippen molar-refractivity contribution in [2.75, 3.05) is 5.32 Å². The van der Waals surface area contributed by atoms with Gasteiger partial charge < -0.3 is 9.84 Å². The van der Waals surface area contributed by atoms with Crippen molar-refractivity contribution >= 4 is 11.7 Å². The van der Waals surface area contributed by atoms with Gasteiger partial charge in [0.15, 0.2) is 5.82 Å². The van der Waals surface area contributed by atoms with Crippen LogP contribution in [-0.2, 0) is 4.79 Å². The van der Waals surface area contributed by atoms with Gasteiger partial charge in [-0.3, -0.25) is 4.79 Å². The molecule has 1 heterocycles. The fourth-order valence-corrected chi connectivity index (χ4v) is 5.14. The summed E-state index contributed by atoms with van der Waals surface area (Å²) in [6.45, 7) is 1.85. The number of carbonyl (C=O) groups is 1. The highest BCUT2D eigenvalue weighted by atomic mass is 16.5. The van der Waals surface area contributed by atoms with E-state index in [9.17, 15) is 4.79 Å². The van der Waals surface area contributed by atoms with Crippen molar-refractivity contribution < 1.29 is 9.32 Å². The summed E-state index contributed by atoms with van der Waals surface area (Å²) < 4.78 is 5.04. The largest absolute Gasteiger partial charge is 0.360 e. The maximum Gasteiger partial charge on any atom is 0.231 e. The third-order valence-corrected chi connectivity index (χ3v) is 5.71. The lowest BCUT2D eigenvalue weighted by molar-refractivity contribution is -0.132. The monoisotopic (exact) mass is 274 g/mol. The number of carbonyl (C=O) groups excluding carboxylic acids is 1. The van der Waals surface area contributed by atoms with E-state index >= 15 is 0 Å². The summed E-state index contributed by atoms with van der Waals surface area (Å²) in [6.07, 6.45) is 8.63. The average Bonchev–Trinajstić information content (AvgIpc) is 2.68. The molecule has 4 bridgehead atoms. The van der Waals surface area contributed by atoms with E-state index in [4.69, 9.17) is 4.52 Å². The topological polar surface area (TPSA) is 55.1 Å². The third-order valence-electron chi connectivity index (χ3n) is 5.71. The second-order valence-electron chi connectivity index (χ2n) is 7.32. The van der Waals surface area contributed by atoms with E-state index < -0.39 is 0 Å². The summed E-state index contributed by atoms with van der Waals surface area (Å²) in [4.78, 5) is 12.8. The molecule has 20 heavy (non-hydrogen) atoms. The van der Waals surface area contributed by atoms with E-state index in [0.717, 1.165) is 42.8 Å². The number of nitrogens with zero attached hydrogens (tertiary/aromatic N) is 1. The standard InChI is InChI=1S/C16H22N2O2/c1-10-4-14(18-20-10)17-15(19)16-7-11-2-3-12(8-16)6-13(5-11)9-16/h4,11-13H,2-3,5-9H2,1H3,(H,17,18,19). The smallest absolute Gasteiger partial charge is 0.231 e. The number of aryl methyl sites for hydroxylation is 1. The first-order valence-corrected chi connectivity index (χ1v) is 7.88.